The molecule has 7 heteroatoms. The van der Waals surface area contributed by atoms with Crippen LogP contribution in [0.25, 0.3) is 0 Å². The predicted molar refractivity (Wildman–Crippen MR) is 116 cm³/mol. The van der Waals surface area contributed by atoms with E-state index >= 15 is 0 Å². The van der Waals surface area contributed by atoms with Crippen LogP contribution in [0.2, 0.25) is 0 Å². The summed E-state index contributed by atoms with van der Waals surface area (Å²) in [7, 11) is 1.81. The summed E-state index contributed by atoms with van der Waals surface area (Å²) in [4.78, 5) is 6.86. The first-order chi connectivity index (χ1) is 12.4. The predicted octanol–water partition coefficient (Wildman–Crippen LogP) is 3.09. The highest BCUT2D eigenvalue weighted by molar-refractivity contribution is 14.0. The van der Waals surface area contributed by atoms with Gasteiger partial charge in [0.15, 0.2) is 5.96 Å². The molecule has 2 N–H and O–H groups in total. The number of likely N-dealkylation sites (tertiary alicyclic amines) is 1. The number of piperidine rings is 1. The molecule has 0 amide bonds. The summed E-state index contributed by atoms with van der Waals surface area (Å²) in [5.41, 5.74) is 0. The van der Waals surface area contributed by atoms with Crippen molar-refractivity contribution in [1.29, 1.82) is 0 Å². The molecule has 26 heavy (non-hydrogen) atoms. The number of hydrogen-bond acceptors (Lipinski definition) is 3. The Morgan fingerprint density at radius 2 is 1.92 bits per heavy atom. The van der Waals surface area contributed by atoms with Crippen LogP contribution in [-0.4, -0.2) is 48.7 Å². The third-order valence-corrected chi connectivity index (χ3v) is 4.72. The Morgan fingerprint density at radius 3 is 2.58 bits per heavy atom. The number of furan rings is 1. The minimum atomic E-state index is 0. The van der Waals surface area contributed by atoms with Crippen molar-refractivity contribution in [2.45, 2.75) is 31.8 Å². The van der Waals surface area contributed by atoms with Gasteiger partial charge in [-0.3, -0.25) is 9.89 Å². The lowest BCUT2D eigenvalue weighted by molar-refractivity contribution is 0.146. The van der Waals surface area contributed by atoms with Crippen LogP contribution in [-0.2, 0) is 6.54 Å². The van der Waals surface area contributed by atoms with Crippen LogP contribution in [0.4, 0.5) is 0 Å². The average Bonchev–Trinajstić information content (AvgIpc) is 3.35. The summed E-state index contributed by atoms with van der Waals surface area (Å²) < 4.78 is 7.85. The lowest BCUT2D eigenvalue weighted by atomic mass is 10.1. The van der Waals surface area contributed by atoms with Gasteiger partial charge in [-0.1, -0.05) is 6.42 Å². The van der Waals surface area contributed by atoms with Crippen molar-refractivity contribution in [2.75, 3.05) is 33.2 Å². The number of nitrogens with one attached hydrogen (secondary N) is 2. The molecule has 1 fully saturated rings. The van der Waals surface area contributed by atoms with E-state index in [9.17, 15) is 0 Å². The molecule has 0 spiro atoms. The van der Waals surface area contributed by atoms with E-state index in [0.717, 1.165) is 44.4 Å². The Labute approximate surface area is 173 Å². The van der Waals surface area contributed by atoms with Crippen molar-refractivity contribution >= 4 is 29.9 Å². The van der Waals surface area contributed by atoms with Crippen LogP contribution in [0.15, 0.2) is 52.3 Å². The standard InChI is InChI=1S/C19H29N5O.HI/c1-20-19(21-9-14-23-10-5-6-11-23)22-16-17(18-8-7-15-25-18)24-12-3-2-4-13-24;/h5-8,10-11,15,17H,2-4,9,12-14,16H2,1H3,(H2,20,21,22);1H. The molecule has 6 nitrogen and oxygen atoms in total. The van der Waals surface area contributed by atoms with Gasteiger partial charge in [0.2, 0.25) is 0 Å². The van der Waals surface area contributed by atoms with Crippen LogP contribution in [0.1, 0.15) is 31.1 Å². The molecule has 1 aliphatic rings. The van der Waals surface area contributed by atoms with Gasteiger partial charge in [0.1, 0.15) is 5.76 Å². The summed E-state index contributed by atoms with van der Waals surface area (Å²) in [5.74, 6) is 1.86. The number of hydrogen-bond donors (Lipinski definition) is 2. The third kappa shape index (κ3) is 6.05. The SMILES string of the molecule is CN=C(NCCn1cccc1)NCC(c1ccco1)N1CCCCC1.I. The van der Waals surface area contributed by atoms with Crippen LogP contribution in [0.3, 0.4) is 0 Å². The zero-order chi connectivity index (χ0) is 17.3. The van der Waals surface area contributed by atoms with E-state index in [1.807, 2.05) is 25.2 Å². The van der Waals surface area contributed by atoms with Gasteiger partial charge in [0.25, 0.3) is 0 Å². The maximum Gasteiger partial charge on any atom is 0.191 e. The number of aromatic nitrogens is 1. The van der Waals surface area contributed by atoms with E-state index in [2.05, 4.69) is 43.6 Å². The van der Waals surface area contributed by atoms with E-state index in [-0.39, 0.29) is 30.0 Å². The summed E-state index contributed by atoms with van der Waals surface area (Å²) >= 11 is 0. The minimum absolute atomic E-state index is 0. The first kappa shape index (κ1) is 20.8. The normalized spacial score (nSPS) is 16.7. The lowest BCUT2D eigenvalue weighted by Gasteiger charge is -2.33. The van der Waals surface area contributed by atoms with Crippen LogP contribution in [0.5, 0.6) is 0 Å². The van der Waals surface area contributed by atoms with Crippen LogP contribution < -0.4 is 10.6 Å². The first-order valence-corrected chi connectivity index (χ1v) is 9.19. The largest absolute Gasteiger partial charge is 0.468 e. The van der Waals surface area contributed by atoms with E-state index in [1.165, 1.54) is 19.3 Å². The van der Waals surface area contributed by atoms with E-state index < -0.39 is 0 Å². The molecule has 0 bridgehead atoms. The maximum atomic E-state index is 5.70. The average molecular weight is 471 g/mol. The molecular weight excluding hydrogens is 441 g/mol. The Kier molecular flexibility index (Phi) is 9.04. The number of guanidine groups is 1. The van der Waals surface area contributed by atoms with Gasteiger partial charge in [-0.2, -0.15) is 0 Å². The first-order valence-electron chi connectivity index (χ1n) is 9.19. The molecule has 3 rings (SSSR count). The van der Waals surface area contributed by atoms with Crippen molar-refractivity contribution in [3.8, 4) is 0 Å². The number of aliphatic imine (C=N–C) groups is 1. The van der Waals surface area contributed by atoms with Gasteiger partial charge >= 0.3 is 0 Å². The number of nitrogens with zero attached hydrogens (tertiary/aromatic N) is 3. The Balaban J connectivity index is 0.00000243. The van der Waals surface area contributed by atoms with Crippen molar-refractivity contribution in [3.05, 3.63) is 48.7 Å². The van der Waals surface area contributed by atoms with Gasteiger partial charge in [-0.25, -0.2) is 0 Å². The molecule has 144 valence electrons. The summed E-state index contributed by atoms with van der Waals surface area (Å²) in [6, 6.07) is 8.37. The molecule has 1 unspecified atom stereocenters. The second-order valence-corrected chi connectivity index (χ2v) is 6.43. The van der Waals surface area contributed by atoms with Gasteiger partial charge < -0.3 is 19.6 Å². The molecular formula is C19H30IN5O. The van der Waals surface area contributed by atoms with E-state index in [0.29, 0.717) is 0 Å². The fourth-order valence-electron chi connectivity index (χ4n) is 3.36. The van der Waals surface area contributed by atoms with Crippen molar-refractivity contribution < 1.29 is 4.42 Å². The highest BCUT2D eigenvalue weighted by Gasteiger charge is 2.24. The Hall–Kier alpha value is -1.48. The summed E-state index contributed by atoms with van der Waals surface area (Å²) in [6.45, 7) is 4.81. The zero-order valence-corrected chi connectivity index (χ0v) is 17.8. The highest BCUT2D eigenvalue weighted by Crippen LogP contribution is 2.24. The molecule has 1 saturated heterocycles. The minimum Gasteiger partial charge on any atom is -0.468 e. The van der Waals surface area contributed by atoms with Crippen molar-refractivity contribution in [1.82, 2.24) is 20.1 Å². The Morgan fingerprint density at radius 1 is 1.15 bits per heavy atom. The summed E-state index contributed by atoms with van der Waals surface area (Å²) in [6.07, 6.45) is 9.76. The van der Waals surface area contributed by atoms with E-state index in [4.69, 9.17) is 4.42 Å². The van der Waals surface area contributed by atoms with Gasteiger partial charge in [-0.15, -0.1) is 24.0 Å². The monoisotopic (exact) mass is 471 g/mol. The van der Waals surface area contributed by atoms with Crippen LogP contribution >= 0.6 is 24.0 Å². The van der Waals surface area contributed by atoms with Gasteiger partial charge in [0.05, 0.1) is 12.3 Å². The topological polar surface area (TPSA) is 57.7 Å². The number of rotatable bonds is 7. The second kappa shape index (κ2) is 11.3. The molecule has 1 atom stereocenters. The molecule has 2 aromatic rings. The molecule has 2 aromatic heterocycles. The van der Waals surface area contributed by atoms with Gasteiger partial charge in [0, 0.05) is 39.1 Å². The molecule has 0 radical (unpaired) electrons. The molecule has 0 aliphatic carbocycles. The number of halogens is 1. The Bertz CT molecular complexity index is 620. The van der Waals surface area contributed by atoms with Crippen molar-refractivity contribution in [2.24, 2.45) is 4.99 Å². The fraction of sp³-hybridized carbons (Fsp3) is 0.526. The fourth-order valence-corrected chi connectivity index (χ4v) is 3.36. The van der Waals surface area contributed by atoms with Crippen LogP contribution in [0, 0.1) is 0 Å². The van der Waals surface area contributed by atoms with E-state index in [1.54, 1.807) is 6.26 Å². The second-order valence-electron chi connectivity index (χ2n) is 6.43. The zero-order valence-electron chi connectivity index (χ0n) is 15.4. The smallest absolute Gasteiger partial charge is 0.191 e. The highest BCUT2D eigenvalue weighted by atomic mass is 127. The van der Waals surface area contributed by atoms with Gasteiger partial charge in [-0.05, 0) is 50.2 Å². The quantitative estimate of drug-likeness (QED) is 0.370. The molecule has 0 aromatic carbocycles. The maximum absolute atomic E-state index is 5.70. The van der Waals surface area contributed by atoms with Crippen molar-refractivity contribution in [3.63, 3.8) is 0 Å². The lowest BCUT2D eigenvalue weighted by Crippen LogP contribution is -2.45. The molecule has 1 aliphatic heterocycles. The third-order valence-electron chi connectivity index (χ3n) is 4.72. The molecule has 3 heterocycles. The molecule has 0 saturated carbocycles. The summed E-state index contributed by atoms with van der Waals surface area (Å²) in [5, 5.41) is 6.84.